The minimum absolute atomic E-state index is 0.119. The number of anilines is 2. The molecular formula is C23H29N3O7S. The van der Waals surface area contributed by atoms with E-state index in [-0.39, 0.29) is 4.90 Å². The number of rotatable bonds is 7. The predicted molar refractivity (Wildman–Crippen MR) is 127 cm³/mol. The monoisotopic (exact) mass is 491 g/mol. The first-order valence-electron chi connectivity index (χ1n) is 11.0. The maximum atomic E-state index is 13.2. The molecule has 2 saturated heterocycles. The van der Waals surface area contributed by atoms with Gasteiger partial charge in [-0.3, -0.25) is 4.79 Å². The summed E-state index contributed by atoms with van der Waals surface area (Å²) in [6.07, 6.45) is 0. The molecule has 0 unspecified atom stereocenters. The highest BCUT2D eigenvalue weighted by Gasteiger charge is 2.28. The lowest BCUT2D eigenvalue weighted by atomic mass is 10.1. The van der Waals surface area contributed by atoms with Crippen molar-refractivity contribution in [1.29, 1.82) is 0 Å². The summed E-state index contributed by atoms with van der Waals surface area (Å²) in [6, 6.07) is 9.70. The van der Waals surface area contributed by atoms with Crippen molar-refractivity contribution in [2.75, 3.05) is 77.0 Å². The first kappa shape index (κ1) is 24.3. The standard InChI is InChI=1S/C23H29N3O7S/c1-30-21-6-3-17(15-22(21)31-2)23(27)24-19-16-18(34(28,29)26-9-13-33-14-10-26)4-5-20(19)25-7-11-32-12-8-25/h3-6,15-16H,7-14H2,1-2H3,(H,24,27). The van der Waals surface area contributed by atoms with Gasteiger partial charge in [0.15, 0.2) is 11.5 Å². The van der Waals surface area contributed by atoms with Crippen molar-refractivity contribution in [2.45, 2.75) is 4.90 Å². The van der Waals surface area contributed by atoms with Crippen LogP contribution in [0.1, 0.15) is 10.4 Å². The van der Waals surface area contributed by atoms with E-state index in [2.05, 4.69) is 10.2 Å². The Bertz CT molecular complexity index is 1130. The van der Waals surface area contributed by atoms with E-state index in [1.54, 1.807) is 30.3 Å². The van der Waals surface area contributed by atoms with Gasteiger partial charge < -0.3 is 29.2 Å². The van der Waals surface area contributed by atoms with Crippen molar-refractivity contribution in [3.8, 4) is 11.5 Å². The van der Waals surface area contributed by atoms with Crippen LogP contribution in [0.2, 0.25) is 0 Å². The molecule has 1 amide bonds. The van der Waals surface area contributed by atoms with Crippen molar-refractivity contribution in [3.05, 3.63) is 42.0 Å². The van der Waals surface area contributed by atoms with Crippen LogP contribution in [0, 0.1) is 0 Å². The molecule has 0 spiro atoms. The SMILES string of the molecule is COc1ccc(C(=O)Nc2cc(S(=O)(=O)N3CCOCC3)ccc2N2CCOCC2)cc1OC. The topological polar surface area (TPSA) is 107 Å². The Balaban J connectivity index is 1.68. The molecule has 0 aromatic heterocycles. The van der Waals surface area contributed by atoms with E-state index in [1.807, 2.05) is 0 Å². The molecule has 4 rings (SSSR count). The van der Waals surface area contributed by atoms with Crippen molar-refractivity contribution < 1.29 is 32.2 Å². The molecule has 0 radical (unpaired) electrons. The van der Waals surface area contributed by atoms with Gasteiger partial charge in [0.25, 0.3) is 5.91 Å². The Morgan fingerprint density at radius 2 is 1.53 bits per heavy atom. The van der Waals surface area contributed by atoms with Gasteiger partial charge in [0.05, 0.1) is 56.9 Å². The van der Waals surface area contributed by atoms with Gasteiger partial charge in [-0.05, 0) is 36.4 Å². The zero-order valence-electron chi connectivity index (χ0n) is 19.3. The van der Waals surface area contributed by atoms with Gasteiger partial charge in [-0.25, -0.2) is 8.42 Å². The van der Waals surface area contributed by atoms with Crippen molar-refractivity contribution in [2.24, 2.45) is 0 Å². The van der Waals surface area contributed by atoms with E-state index in [4.69, 9.17) is 18.9 Å². The van der Waals surface area contributed by atoms with Gasteiger partial charge in [-0.1, -0.05) is 0 Å². The first-order valence-corrected chi connectivity index (χ1v) is 12.5. The summed E-state index contributed by atoms with van der Waals surface area (Å²) in [7, 11) is -0.713. The van der Waals surface area contributed by atoms with Crippen LogP contribution in [0.25, 0.3) is 0 Å². The number of sulfonamides is 1. The lowest BCUT2D eigenvalue weighted by molar-refractivity contribution is 0.0730. The van der Waals surface area contributed by atoms with Gasteiger partial charge in [0.2, 0.25) is 10.0 Å². The number of nitrogens with zero attached hydrogens (tertiary/aromatic N) is 2. The van der Waals surface area contributed by atoms with Crippen LogP contribution in [0.4, 0.5) is 11.4 Å². The van der Waals surface area contributed by atoms with Crippen LogP contribution >= 0.6 is 0 Å². The molecule has 10 nitrogen and oxygen atoms in total. The number of methoxy groups -OCH3 is 2. The number of carbonyl (C=O) groups excluding carboxylic acids is 1. The third-order valence-corrected chi connectivity index (χ3v) is 7.72. The lowest BCUT2D eigenvalue weighted by Gasteiger charge is -2.31. The molecular weight excluding hydrogens is 462 g/mol. The van der Waals surface area contributed by atoms with Crippen LogP contribution in [0.15, 0.2) is 41.3 Å². The summed E-state index contributed by atoms with van der Waals surface area (Å²) in [5, 5.41) is 2.90. The first-order chi connectivity index (χ1) is 16.4. The predicted octanol–water partition coefficient (Wildman–Crippen LogP) is 1.81. The molecule has 2 aromatic rings. The Hall–Kier alpha value is -2.86. The van der Waals surface area contributed by atoms with Crippen LogP contribution < -0.4 is 19.7 Å². The van der Waals surface area contributed by atoms with E-state index in [0.29, 0.717) is 75.4 Å². The fourth-order valence-corrected chi connectivity index (χ4v) is 5.40. The maximum Gasteiger partial charge on any atom is 0.255 e. The third-order valence-electron chi connectivity index (χ3n) is 5.82. The molecule has 2 fully saturated rings. The molecule has 34 heavy (non-hydrogen) atoms. The molecule has 2 heterocycles. The Labute approximate surface area is 199 Å². The molecule has 1 N–H and O–H groups in total. The Morgan fingerprint density at radius 3 is 2.18 bits per heavy atom. The van der Waals surface area contributed by atoms with Gasteiger partial charge >= 0.3 is 0 Å². The Kier molecular flexibility index (Phi) is 7.57. The molecule has 11 heteroatoms. The molecule has 2 aliphatic rings. The van der Waals surface area contributed by atoms with Crippen LogP contribution in [0.3, 0.4) is 0 Å². The average Bonchev–Trinajstić information content (AvgIpc) is 2.89. The summed E-state index contributed by atoms with van der Waals surface area (Å²) in [4.78, 5) is 15.3. The van der Waals surface area contributed by atoms with E-state index < -0.39 is 15.9 Å². The number of hydrogen-bond acceptors (Lipinski definition) is 8. The number of carbonyl (C=O) groups is 1. The largest absolute Gasteiger partial charge is 0.493 e. The molecule has 2 aromatic carbocycles. The quantitative estimate of drug-likeness (QED) is 0.625. The second-order valence-electron chi connectivity index (χ2n) is 7.82. The summed E-state index contributed by atoms with van der Waals surface area (Å²) >= 11 is 0. The fourth-order valence-electron chi connectivity index (χ4n) is 3.96. The smallest absolute Gasteiger partial charge is 0.255 e. The van der Waals surface area contributed by atoms with Crippen LogP contribution in [-0.4, -0.2) is 85.5 Å². The highest BCUT2D eigenvalue weighted by molar-refractivity contribution is 7.89. The number of hydrogen-bond donors (Lipinski definition) is 1. The van der Waals surface area contributed by atoms with Gasteiger partial charge in [-0.15, -0.1) is 0 Å². The molecule has 0 aliphatic carbocycles. The van der Waals surface area contributed by atoms with Crippen molar-refractivity contribution in [1.82, 2.24) is 4.31 Å². The van der Waals surface area contributed by atoms with Gasteiger partial charge in [0.1, 0.15) is 0 Å². The average molecular weight is 492 g/mol. The second kappa shape index (κ2) is 10.6. The zero-order chi connectivity index (χ0) is 24.1. The summed E-state index contributed by atoms with van der Waals surface area (Å²) in [6.45, 7) is 3.67. The summed E-state index contributed by atoms with van der Waals surface area (Å²) in [5.74, 6) is 0.537. The maximum absolute atomic E-state index is 13.2. The summed E-state index contributed by atoms with van der Waals surface area (Å²) < 4.78 is 49.1. The van der Waals surface area contributed by atoms with Crippen molar-refractivity contribution >= 4 is 27.3 Å². The fraction of sp³-hybridized carbons (Fsp3) is 0.435. The highest BCUT2D eigenvalue weighted by Crippen LogP contribution is 2.33. The van der Waals surface area contributed by atoms with E-state index in [1.165, 1.54) is 24.6 Å². The molecule has 0 bridgehead atoms. The van der Waals surface area contributed by atoms with Gasteiger partial charge in [0, 0.05) is 31.7 Å². The van der Waals surface area contributed by atoms with E-state index in [0.717, 1.165) is 5.69 Å². The zero-order valence-corrected chi connectivity index (χ0v) is 20.1. The molecule has 2 aliphatic heterocycles. The second-order valence-corrected chi connectivity index (χ2v) is 9.76. The number of morpholine rings is 2. The number of amides is 1. The minimum Gasteiger partial charge on any atom is -0.493 e. The summed E-state index contributed by atoms with van der Waals surface area (Å²) in [5.41, 5.74) is 1.50. The molecule has 184 valence electrons. The third kappa shape index (κ3) is 5.12. The van der Waals surface area contributed by atoms with Crippen LogP contribution in [-0.2, 0) is 19.5 Å². The van der Waals surface area contributed by atoms with Crippen molar-refractivity contribution in [3.63, 3.8) is 0 Å². The minimum atomic E-state index is -3.73. The highest BCUT2D eigenvalue weighted by atomic mass is 32.2. The van der Waals surface area contributed by atoms with Gasteiger partial charge in [-0.2, -0.15) is 4.31 Å². The Morgan fingerprint density at radius 1 is 0.882 bits per heavy atom. The van der Waals surface area contributed by atoms with E-state index in [9.17, 15) is 13.2 Å². The molecule has 0 saturated carbocycles. The van der Waals surface area contributed by atoms with Crippen LogP contribution in [0.5, 0.6) is 11.5 Å². The normalized spacial score (nSPS) is 17.3. The number of nitrogens with one attached hydrogen (secondary N) is 1. The van der Waals surface area contributed by atoms with E-state index >= 15 is 0 Å². The lowest BCUT2D eigenvalue weighted by Crippen LogP contribution is -2.40. The molecule has 0 atom stereocenters. The number of benzene rings is 2. The number of ether oxygens (including phenoxy) is 4.